The van der Waals surface area contributed by atoms with Crippen LogP contribution in [0.1, 0.15) is 26.2 Å². The van der Waals surface area contributed by atoms with E-state index in [4.69, 9.17) is 22.1 Å². The third kappa shape index (κ3) is 6.47. The van der Waals surface area contributed by atoms with Crippen LogP contribution < -0.4 is 11.1 Å². The van der Waals surface area contributed by atoms with Gasteiger partial charge in [0.15, 0.2) is 0 Å². The summed E-state index contributed by atoms with van der Waals surface area (Å²) in [6.07, 6.45) is 1.65. The van der Waals surface area contributed by atoms with Crippen molar-refractivity contribution in [2.75, 3.05) is 25.0 Å². The van der Waals surface area contributed by atoms with Gasteiger partial charge in [0.05, 0.1) is 12.6 Å². The van der Waals surface area contributed by atoms with Crippen molar-refractivity contribution < 1.29 is 14.3 Å². The molecule has 2 atom stereocenters. The average Bonchev–Trinajstić information content (AvgIpc) is 3.05. The van der Waals surface area contributed by atoms with Gasteiger partial charge in [-0.2, -0.15) is 0 Å². The van der Waals surface area contributed by atoms with Crippen LogP contribution in [0.3, 0.4) is 0 Å². The Labute approximate surface area is 159 Å². The summed E-state index contributed by atoms with van der Waals surface area (Å²) in [5.74, 6) is -0.383. The Kier molecular flexibility index (Phi) is 9.21. The predicted octanol–water partition coefficient (Wildman–Crippen LogP) is 2.45. The first-order valence-electron chi connectivity index (χ1n) is 8.23. The van der Waals surface area contributed by atoms with E-state index in [9.17, 15) is 9.59 Å². The van der Waals surface area contributed by atoms with Gasteiger partial charge in [0, 0.05) is 23.8 Å². The van der Waals surface area contributed by atoms with Crippen LogP contribution in [0, 0.1) is 0 Å². The number of carbonyl (C=O) groups excluding carboxylic acids is 2. The molecule has 0 saturated carbocycles. The summed E-state index contributed by atoms with van der Waals surface area (Å²) in [6.45, 7) is 2.90. The topological polar surface area (TPSA) is 84.7 Å². The number of carbonyl (C=O) groups is 2. The van der Waals surface area contributed by atoms with Crippen LogP contribution in [0.15, 0.2) is 24.3 Å². The zero-order valence-corrected chi connectivity index (χ0v) is 15.8. The van der Waals surface area contributed by atoms with Gasteiger partial charge in [-0.1, -0.05) is 18.5 Å². The van der Waals surface area contributed by atoms with Gasteiger partial charge >= 0.3 is 0 Å². The van der Waals surface area contributed by atoms with Crippen LogP contribution >= 0.6 is 24.0 Å². The van der Waals surface area contributed by atoms with Gasteiger partial charge in [-0.05, 0) is 43.5 Å². The molecule has 1 saturated heterocycles. The Morgan fingerprint density at radius 3 is 2.56 bits per heavy atom. The highest BCUT2D eigenvalue weighted by Crippen LogP contribution is 2.21. The number of benzene rings is 1. The molecule has 2 amide bonds. The van der Waals surface area contributed by atoms with Crippen LogP contribution in [-0.2, 0) is 14.3 Å². The summed E-state index contributed by atoms with van der Waals surface area (Å²) >= 11 is 5.82. The zero-order chi connectivity index (χ0) is 17.5. The molecule has 140 valence electrons. The third-order valence-electron chi connectivity index (χ3n) is 3.91. The second kappa shape index (κ2) is 10.6. The molecular weight excluding hydrogens is 365 g/mol. The first-order valence-corrected chi connectivity index (χ1v) is 8.61. The highest BCUT2D eigenvalue weighted by atomic mass is 35.5. The maximum absolute atomic E-state index is 12.6. The highest BCUT2D eigenvalue weighted by Gasteiger charge is 2.33. The molecule has 25 heavy (non-hydrogen) atoms. The van der Waals surface area contributed by atoms with Crippen LogP contribution in [0.25, 0.3) is 0 Å². The molecule has 1 heterocycles. The molecular formula is C17H25Cl2N3O3. The maximum Gasteiger partial charge on any atom is 0.252 e. The van der Waals surface area contributed by atoms with Crippen molar-refractivity contribution in [1.29, 1.82) is 0 Å². The molecule has 2 rings (SSSR count). The Morgan fingerprint density at radius 1 is 1.32 bits per heavy atom. The fraction of sp³-hybridized carbons (Fsp3) is 0.529. The van der Waals surface area contributed by atoms with Gasteiger partial charge in [0.25, 0.3) is 5.91 Å². The summed E-state index contributed by atoms with van der Waals surface area (Å²) in [4.78, 5) is 26.4. The lowest BCUT2D eigenvalue weighted by atomic mass is 10.1. The number of halogens is 2. The molecule has 0 bridgehead atoms. The number of hydrogen-bond acceptors (Lipinski definition) is 4. The van der Waals surface area contributed by atoms with Gasteiger partial charge in [0.2, 0.25) is 5.91 Å². The summed E-state index contributed by atoms with van der Waals surface area (Å²) in [7, 11) is 0. The Bertz CT molecular complexity index is 569. The van der Waals surface area contributed by atoms with E-state index in [1.54, 1.807) is 29.2 Å². The molecule has 1 aromatic rings. The minimum absolute atomic E-state index is 0. The van der Waals surface area contributed by atoms with Crippen molar-refractivity contribution in [2.24, 2.45) is 5.73 Å². The molecule has 1 aliphatic rings. The van der Waals surface area contributed by atoms with Gasteiger partial charge in [-0.25, -0.2) is 0 Å². The van der Waals surface area contributed by atoms with Crippen molar-refractivity contribution in [1.82, 2.24) is 4.90 Å². The number of nitrogens with one attached hydrogen (secondary N) is 1. The number of rotatable bonds is 7. The quantitative estimate of drug-likeness (QED) is 0.749. The van der Waals surface area contributed by atoms with Crippen LogP contribution in [0.4, 0.5) is 5.69 Å². The van der Waals surface area contributed by atoms with Crippen LogP contribution in [0.5, 0.6) is 0 Å². The lowest BCUT2D eigenvalue weighted by molar-refractivity contribution is -0.144. The number of ether oxygens (including phenoxy) is 1. The van der Waals surface area contributed by atoms with Crippen molar-refractivity contribution in [3.63, 3.8) is 0 Å². The van der Waals surface area contributed by atoms with Crippen molar-refractivity contribution in [3.8, 4) is 0 Å². The molecule has 0 unspecified atom stereocenters. The van der Waals surface area contributed by atoms with Gasteiger partial charge in [0.1, 0.15) is 6.10 Å². The van der Waals surface area contributed by atoms with E-state index in [0.29, 0.717) is 30.2 Å². The van der Waals surface area contributed by atoms with E-state index in [1.807, 2.05) is 6.92 Å². The molecule has 0 aliphatic carbocycles. The zero-order valence-electron chi connectivity index (χ0n) is 14.2. The number of anilines is 1. The summed E-state index contributed by atoms with van der Waals surface area (Å²) in [5, 5.41) is 3.37. The van der Waals surface area contributed by atoms with E-state index in [1.165, 1.54) is 0 Å². The van der Waals surface area contributed by atoms with E-state index < -0.39 is 6.10 Å². The van der Waals surface area contributed by atoms with Crippen LogP contribution in [-0.4, -0.2) is 48.6 Å². The number of nitrogens with two attached hydrogens (primary N) is 1. The maximum atomic E-state index is 12.6. The minimum atomic E-state index is -0.492. The first-order chi connectivity index (χ1) is 11.5. The van der Waals surface area contributed by atoms with Gasteiger partial charge in [-0.3, -0.25) is 9.59 Å². The summed E-state index contributed by atoms with van der Waals surface area (Å²) < 4.78 is 5.65. The Balaban J connectivity index is 0.00000312. The van der Waals surface area contributed by atoms with Crippen molar-refractivity contribution in [3.05, 3.63) is 29.3 Å². The SMILES string of the molecule is CCCN(CC(=O)Nc1ccc(Cl)cc1)C(=O)[C@@H]1CC[C@H](CN)O1.Cl. The lowest BCUT2D eigenvalue weighted by Crippen LogP contribution is -2.44. The standard InChI is InChI=1S/C17H24ClN3O3.ClH/c1-2-9-21(17(23)15-8-7-14(10-19)24-15)11-16(22)20-13-5-3-12(18)4-6-13;/h3-6,14-15H,2,7-11,19H2,1H3,(H,20,22);1H/t14-,15+;/m1./s1. The van der Waals surface area contributed by atoms with Gasteiger partial charge < -0.3 is 20.7 Å². The molecule has 1 fully saturated rings. The van der Waals surface area contributed by atoms with E-state index in [-0.39, 0.29) is 36.9 Å². The van der Waals surface area contributed by atoms with Crippen molar-refractivity contribution in [2.45, 2.75) is 38.4 Å². The number of hydrogen-bond donors (Lipinski definition) is 2. The molecule has 1 aliphatic heterocycles. The predicted molar refractivity (Wildman–Crippen MR) is 101 cm³/mol. The number of amides is 2. The Hall–Kier alpha value is -1.34. The minimum Gasteiger partial charge on any atom is -0.364 e. The normalized spacial score (nSPS) is 19.2. The molecule has 0 radical (unpaired) electrons. The second-order valence-electron chi connectivity index (χ2n) is 5.87. The van der Waals surface area contributed by atoms with Gasteiger partial charge in [-0.15, -0.1) is 12.4 Å². The fourth-order valence-electron chi connectivity index (χ4n) is 2.71. The smallest absolute Gasteiger partial charge is 0.252 e. The number of nitrogens with zero attached hydrogens (tertiary/aromatic N) is 1. The lowest BCUT2D eigenvalue weighted by Gasteiger charge is -2.24. The third-order valence-corrected chi connectivity index (χ3v) is 4.17. The highest BCUT2D eigenvalue weighted by molar-refractivity contribution is 6.30. The average molecular weight is 390 g/mol. The molecule has 0 spiro atoms. The molecule has 8 heteroatoms. The fourth-order valence-corrected chi connectivity index (χ4v) is 2.83. The Morgan fingerprint density at radius 2 is 2.00 bits per heavy atom. The molecule has 0 aromatic heterocycles. The summed E-state index contributed by atoms with van der Waals surface area (Å²) in [6, 6.07) is 6.84. The monoisotopic (exact) mass is 389 g/mol. The molecule has 3 N–H and O–H groups in total. The van der Waals surface area contributed by atoms with Crippen molar-refractivity contribution >= 4 is 41.5 Å². The van der Waals surface area contributed by atoms with Crippen LogP contribution in [0.2, 0.25) is 5.02 Å². The largest absolute Gasteiger partial charge is 0.364 e. The first kappa shape index (κ1) is 21.7. The molecule has 1 aromatic carbocycles. The molecule has 6 nitrogen and oxygen atoms in total. The van der Waals surface area contributed by atoms with E-state index in [0.717, 1.165) is 12.8 Å². The summed E-state index contributed by atoms with van der Waals surface area (Å²) in [5.41, 5.74) is 6.23. The van der Waals surface area contributed by atoms with E-state index in [2.05, 4.69) is 5.32 Å². The second-order valence-corrected chi connectivity index (χ2v) is 6.31. The van der Waals surface area contributed by atoms with E-state index >= 15 is 0 Å².